The number of rotatable bonds is 4. The molecule has 1 amide bonds. The average molecular weight is 321 g/mol. The maximum absolute atomic E-state index is 12.1. The van der Waals surface area contributed by atoms with Crippen LogP contribution in [0.15, 0.2) is 54.6 Å². The third-order valence-corrected chi connectivity index (χ3v) is 3.61. The Morgan fingerprint density at radius 3 is 2.50 bits per heavy atom. The van der Waals surface area contributed by atoms with Crippen molar-refractivity contribution in [3.05, 3.63) is 60.2 Å². The van der Waals surface area contributed by atoms with Gasteiger partial charge in [-0.05, 0) is 50.2 Å². The normalized spacial score (nSPS) is 10.8. The van der Waals surface area contributed by atoms with Crippen molar-refractivity contribution in [1.82, 2.24) is 10.4 Å². The summed E-state index contributed by atoms with van der Waals surface area (Å²) in [7, 11) is 0. The molecule has 0 spiro atoms. The largest absolute Gasteiger partial charge is 0.491 e. The first-order valence-corrected chi connectivity index (χ1v) is 7.76. The van der Waals surface area contributed by atoms with Crippen LogP contribution < -0.4 is 16.0 Å². The van der Waals surface area contributed by atoms with Crippen LogP contribution in [-0.2, 0) is 0 Å². The van der Waals surface area contributed by atoms with Gasteiger partial charge in [0, 0.05) is 10.9 Å². The number of fused-ring (bicyclic) bond motifs is 1. The Bertz CT molecular complexity index is 873. The number of carbonyl (C=O) groups is 1. The Labute approximate surface area is 140 Å². The first kappa shape index (κ1) is 16.0. The molecule has 2 aromatic carbocycles. The minimum Gasteiger partial charge on any atom is -0.491 e. The van der Waals surface area contributed by atoms with Crippen molar-refractivity contribution in [2.75, 3.05) is 0 Å². The first-order valence-electron chi connectivity index (χ1n) is 7.76. The highest BCUT2D eigenvalue weighted by molar-refractivity contribution is 6.06. The summed E-state index contributed by atoms with van der Waals surface area (Å²) in [6.45, 7) is 3.97. The Hall–Kier alpha value is -2.92. The van der Waals surface area contributed by atoms with E-state index in [1.54, 1.807) is 6.07 Å². The van der Waals surface area contributed by atoms with Gasteiger partial charge in [-0.1, -0.05) is 18.2 Å². The molecule has 0 unspecified atom stereocenters. The van der Waals surface area contributed by atoms with Gasteiger partial charge in [0.25, 0.3) is 5.91 Å². The third kappa shape index (κ3) is 3.21. The van der Waals surface area contributed by atoms with E-state index in [-0.39, 0.29) is 12.0 Å². The number of nitrogens with zero attached hydrogens (tertiary/aromatic N) is 1. The van der Waals surface area contributed by atoms with Crippen molar-refractivity contribution >= 4 is 16.8 Å². The van der Waals surface area contributed by atoms with Crippen LogP contribution in [0.3, 0.4) is 0 Å². The number of amides is 1. The molecule has 3 aromatic rings. The lowest BCUT2D eigenvalue weighted by molar-refractivity contribution is 0.0955. The molecule has 1 heterocycles. The maximum Gasteiger partial charge on any atom is 0.265 e. The number of nitrogens with two attached hydrogens (primary N) is 1. The van der Waals surface area contributed by atoms with Crippen molar-refractivity contribution in [2.45, 2.75) is 20.0 Å². The van der Waals surface area contributed by atoms with E-state index in [0.717, 1.165) is 22.2 Å². The van der Waals surface area contributed by atoms with Crippen LogP contribution in [0.25, 0.3) is 22.2 Å². The molecule has 5 heteroatoms. The number of hydrogen-bond donors (Lipinski definition) is 2. The number of pyridine rings is 1. The van der Waals surface area contributed by atoms with Crippen LogP contribution >= 0.6 is 0 Å². The molecule has 0 saturated carbocycles. The summed E-state index contributed by atoms with van der Waals surface area (Å²) in [6.07, 6.45) is 0.120. The number of para-hydroxylation sites is 1. The number of aromatic nitrogens is 1. The van der Waals surface area contributed by atoms with Gasteiger partial charge >= 0.3 is 0 Å². The minimum absolute atomic E-state index is 0.120. The molecule has 0 bridgehead atoms. The molecule has 24 heavy (non-hydrogen) atoms. The Balaban J connectivity index is 2.07. The van der Waals surface area contributed by atoms with Crippen molar-refractivity contribution in [2.24, 2.45) is 5.84 Å². The maximum atomic E-state index is 12.1. The number of carbonyl (C=O) groups excluding carboxylic acids is 1. The summed E-state index contributed by atoms with van der Waals surface area (Å²) in [5.41, 5.74) is 5.06. The summed E-state index contributed by atoms with van der Waals surface area (Å²) in [6, 6.07) is 16.9. The number of ether oxygens (including phenoxy) is 1. The molecule has 122 valence electrons. The molecule has 0 fully saturated rings. The van der Waals surface area contributed by atoms with Gasteiger partial charge in [0.05, 0.1) is 22.9 Å². The minimum atomic E-state index is -0.338. The van der Waals surface area contributed by atoms with E-state index < -0.39 is 0 Å². The predicted octanol–water partition coefficient (Wildman–Crippen LogP) is 3.29. The molecule has 5 nitrogen and oxygen atoms in total. The fraction of sp³-hybridized carbons (Fsp3) is 0.158. The van der Waals surface area contributed by atoms with Crippen molar-refractivity contribution in [3.8, 4) is 17.0 Å². The van der Waals surface area contributed by atoms with E-state index >= 15 is 0 Å². The fourth-order valence-corrected chi connectivity index (χ4v) is 2.57. The molecule has 1 aromatic heterocycles. The quantitative estimate of drug-likeness (QED) is 0.439. The lowest BCUT2D eigenvalue weighted by Gasteiger charge is -2.11. The van der Waals surface area contributed by atoms with E-state index in [0.29, 0.717) is 11.3 Å². The highest BCUT2D eigenvalue weighted by Gasteiger charge is 2.13. The topological polar surface area (TPSA) is 77.2 Å². The van der Waals surface area contributed by atoms with Crippen LogP contribution in [0.4, 0.5) is 0 Å². The van der Waals surface area contributed by atoms with Gasteiger partial charge in [0.15, 0.2) is 0 Å². The fourth-order valence-electron chi connectivity index (χ4n) is 2.57. The van der Waals surface area contributed by atoms with Crippen LogP contribution in [0.2, 0.25) is 0 Å². The number of nitrogens with one attached hydrogen (secondary N) is 1. The molecular weight excluding hydrogens is 302 g/mol. The zero-order valence-corrected chi connectivity index (χ0v) is 13.6. The molecule has 3 N–H and O–H groups in total. The lowest BCUT2D eigenvalue weighted by Crippen LogP contribution is -2.30. The van der Waals surface area contributed by atoms with Crippen LogP contribution in [0, 0.1) is 0 Å². The summed E-state index contributed by atoms with van der Waals surface area (Å²) in [4.78, 5) is 16.8. The SMILES string of the molecule is CC(C)Oc1ccc(-c2cc(C(=O)NN)c3ccccc3n2)cc1. The summed E-state index contributed by atoms with van der Waals surface area (Å²) < 4.78 is 5.65. The summed E-state index contributed by atoms with van der Waals surface area (Å²) in [5.74, 6) is 5.78. The van der Waals surface area contributed by atoms with Crippen LogP contribution in [-0.4, -0.2) is 17.0 Å². The predicted molar refractivity (Wildman–Crippen MR) is 94.6 cm³/mol. The number of benzene rings is 2. The van der Waals surface area contributed by atoms with Gasteiger partial charge in [0.1, 0.15) is 5.75 Å². The molecule has 0 radical (unpaired) electrons. The molecule has 0 aliphatic heterocycles. The molecule has 3 rings (SSSR count). The van der Waals surface area contributed by atoms with Gasteiger partial charge in [-0.25, -0.2) is 10.8 Å². The van der Waals surface area contributed by atoms with Gasteiger partial charge in [0.2, 0.25) is 0 Å². The Kier molecular flexibility index (Phi) is 4.44. The van der Waals surface area contributed by atoms with Gasteiger partial charge in [-0.3, -0.25) is 10.2 Å². The molecule has 0 saturated heterocycles. The second kappa shape index (κ2) is 6.68. The van der Waals surface area contributed by atoms with E-state index in [9.17, 15) is 4.79 Å². The zero-order chi connectivity index (χ0) is 17.1. The van der Waals surface area contributed by atoms with Crippen molar-refractivity contribution in [1.29, 1.82) is 0 Å². The van der Waals surface area contributed by atoms with E-state index in [1.807, 2.05) is 62.4 Å². The molecule has 0 aliphatic carbocycles. The van der Waals surface area contributed by atoms with Gasteiger partial charge in [-0.15, -0.1) is 0 Å². The zero-order valence-electron chi connectivity index (χ0n) is 13.6. The van der Waals surface area contributed by atoms with E-state index in [1.165, 1.54) is 0 Å². The number of nitrogen functional groups attached to an aromatic ring is 1. The van der Waals surface area contributed by atoms with Crippen molar-refractivity contribution in [3.63, 3.8) is 0 Å². The summed E-state index contributed by atoms with van der Waals surface area (Å²) >= 11 is 0. The Morgan fingerprint density at radius 1 is 1.12 bits per heavy atom. The van der Waals surface area contributed by atoms with Gasteiger partial charge < -0.3 is 4.74 Å². The lowest BCUT2D eigenvalue weighted by atomic mass is 10.0. The van der Waals surface area contributed by atoms with Gasteiger partial charge in [-0.2, -0.15) is 0 Å². The first-order chi connectivity index (χ1) is 11.6. The molecule has 0 atom stereocenters. The molecular formula is C19H19N3O2. The smallest absolute Gasteiger partial charge is 0.265 e. The average Bonchev–Trinajstić information content (AvgIpc) is 2.60. The Morgan fingerprint density at radius 2 is 1.83 bits per heavy atom. The van der Waals surface area contributed by atoms with Crippen LogP contribution in [0.5, 0.6) is 5.75 Å². The highest BCUT2D eigenvalue weighted by atomic mass is 16.5. The highest BCUT2D eigenvalue weighted by Crippen LogP contribution is 2.26. The number of hydrogen-bond acceptors (Lipinski definition) is 4. The van der Waals surface area contributed by atoms with Crippen LogP contribution in [0.1, 0.15) is 24.2 Å². The van der Waals surface area contributed by atoms with E-state index in [2.05, 4.69) is 10.4 Å². The molecule has 0 aliphatic rings. The third-order valence-electron chi connectivity index (χ3n) is 3.61. The van der Waals surface area contributed by atoms with Crippen molar-refractivity contribution < 1.29 is 9.53 Å². The second-order valence-electron chi connectivity index (χ2n) is 5.74. The number of hydrazine groups is 1. The second-order valence-corrected chi connectivity index (χ2v) is 5.74. The van der Waals surface area contributed by atoms with E-state index in [4.69, 9.17) is 10.6 Å². The monoisotopic (exact) mass is 321 g/mol. The standard InChI is InChI=1S/C19H19N3O2/c1-12(2)24-14-9-7-13(8-10-14)18-11-16(19(23)22-20)15-5-3-4-6-17(15)21-18/h3-12H,20H2,1-2H3,(H,22,23). The summed E-state index contributed by atoms with van der Waals surface area (Å²) in [5, 5.41) is 0.768.